The van der Waals surface area contributed by atoms with Crippen LogP contribution >= 0.6 is 0 Å². The molecule has 0 atom stereocenters. The number of esters is 1. The molecule has 0 aliphatic carbocycles. The molecular formula is C13H17N3O4. The molecule has 0 spiro atoms. The highest BCUT2D eigenvalue weighted by Gasteiger charge is 2.11. The van der Waals surface area contributed by atoms with E-state index >= 15 is 0 Å². The minimum Gasteiger partial charge on any atom is -0.452 e. The molecule has 1 aromatic carbocycles. The van der Waals surface area contributed by atoms with Crippen molar-refractivity contribution in [3.8, 4) is 0 Å². The van der Waals surface area contributed by atoms with Gasteiger partial charge in [0, 0.05) is 26.8 Å². The first-order valence-electron chi connectivity index (χ1n) is 5.90. The first-order chi connectivity index (χ1) is 9.43. The Bertz CT molecular complexity index is 497. The van der Waals surface area contributed by atoms with Crippen LogP contribution in [-0.2, 0) is 9.53 Å². The Morgan fingerprint density at radius 3 is 2.25 bits per heavy atom. The van der Waals surface area contributed by atoms with Gasteiger partial charge in [0.15, 0.2) is 6.61 Å². The molecule has 0 bridgehead atoms. The molecule has 20 heavy (non-hydrogen) atoms. The number of ether oxygens (including phenoxy) is 1. The fraction of sp³-hybridized carbons (Fsp3) is 0.308. The smallest absolute Gasteiger partial charge is 0.338 e. The van der Waals surface area contributed by atoms with E-state index in [0.717, 1.165) is 5.69 Å². The second-order valence-corrected chi connectivity index (χ2v) is 4.14. The van der Waals surface area contributed by atoms with Gasteiger partial charge >= 0.3 is 12.0 Å². The van der Waals surface area contributed by atoms with Gasteiger partial charge in [0.1, 0.15) is 0 Å². The predicted octanol–water partition coefficient (Wildman–Crippen LogP) is 0.365. The molecule has 7 nitrogen and oxygen atoms in total. The van der Waals surface area contributed by atoms with E-state index in [-0.39, 0.29) is 0 Å². The number of hydrogen-bond donors (Lipinski definition) is 2. The van der Waals surface area contributed by atoms with Crippen LogP contribution in [0.15, 0.2) is 24.3 Å². The van der Waals surface area contributed by atoms with E-state index in [2.05, 4.69) is 5.32 Å². The standard InChI is InChI=1S/C13H17N3O4/c1-14-13(19)15-11(17)8-20-12(18)9-4-6-10(7-5-9)16(2)3/h4-7H,8H2,1-3H3,(H2,14,15,17,19). The van der Waals surface area contributed by atoms with E-state index in [9.17, 15) is 14.4 Å². The average molecular weight is 279 g/mol. The first kappa shape index (κ1) is 15.5. The number of nitrogens with one attached hydrogen (secondary N) is 2. The van der Waals surface area contributed by atoms with Crippen molar-refractivity contribution in [3.63, 3.8) is 0 Å². The average Bonchev–Trinajstić information content (AvgIpc) is 2.44. The van der Waals surface area contributed by atoms with E-state index in [1.54, 1.807) is 24.3 Å². The van der Waals surface area contributed by atoms with Crippen molar-refractivity contribution in [2.45, 2.75) is 0 Å². The second kappa shape index (κ2) is 7.13. The molecule has 0 unspecified atom stereocenters. The van der Waals surface area contributed by atoms with Gasteiger partial charge in [-0.3, -0.25) is 10.1 Å². The van der Waals surface area contributed by atoms with Crippen molar-refractivity contribution in [1.82, 2.24) is 10.6 Å². The van der Waals surface area contributed by atoms with Gasteiger partial charge in [0.25, 0.3) is 5.91 Å². The van der Waals surface area contributed by atoms with Gasteiger partial charge in [0.05, 0.1) is 5.56 Å². The van der Waals surface area contributed by atoms with Gasteiger partial charge in [-0.1, -0.05) is 0 Å². The van der Waals surface area contributed by atoms with Gasteiger partial charge in [-0.25, -0.2) is 9.59 Å². The van der Waals surface area contributed by atoms with Crippen molar-refractivity contribution >= 4 is 23.6 Å². The fourth-order valence-corrected chi connectivity index (χ4v) is 1.34. The van der Waals surface area contributed by atoms with Crippen molar-refractivity contribution in [1.29, 1.82) is 0 Å². The van der Waals surface area contributed by atoms with Gasteiger partial charge in [-0.2, -0.15) is 0 Å². The first-order valence-corrected chi connectivity index (χ1v) is 5.90. The van der Waals surface area contributed by atoms with Crippen molar-refractivity contribution in [2.24, 2.45) is 0 Å². The quantitative estimate of drug-likeness (QED) is 0.777. The zero-order chi connectivity index (χ0) is 15.1. The highest BCUT2D eigenvalue weighted by molar-refractivity contribution is 5.97. The third kappa shape index (κ3) is 4.60. The van der Waals surface area contributed by atoms with Crippen LogP contribution in [0.3, 0.4) is 0 Å². The summed E-state index contributed by atoms with van der Waals surface area (Å²) in [5, 5.41) is 4.20. The maximum absolute atomic E-state index is 11.7. The molecule has 0 heterocycles. The summed E-state index contributed by atoms with van der Waals surface area (Å²) in [6.45, 7) is -0.512. The number of nitrogens with zero attached hydrogens (tertiary/aromatic N) is 1. The van der Waals surface area contributed by atoms with E-state index < -0.39 is 24.5 Å². The zero-order valence-corrected chi connectivity index (χ0v) is 11.6. The lowest BCUT2D eigenvalue weighted by Crippen LogP contribution is -2.39. The van der Waals surface area contributed by atoms with Crippen LogP contribution in [0.4, 0.5) is 10.5 Å². The molecule has 0 saturated carbocycles. The molecule has 0 saturated heterocycles. The number of urea groups is 1. The van der Waals surface area contributed by atoms with Crippen LogP contribution in [0.2, 0.25) is 0 Å². The molecule has 7 heteroatoms. The number of rotatable bonds is 4. The van der Waals surface area contributed by atoms with Crippen molar-refractivity contribution in [2.75, 3.05) is 32.6 Å². The lowest BCUT2D eigenvalue weighted by Gasteiger charge is -2.12. The second-order valence-electron chi connectivity index (χ2n) is 4.14. The topological polar surface area (TPSA) is 87.7 Å². The number of benzene rings is 1. The van der Waals surface area contributed by atoms with Crippen LogP contribution in [0.1, 0.15) is 10.4 Å². The molecule has 108 valence electrons. The summed E-state index contributed by atoms with van der Waals surface area (Å²) >= 11 is 0. The van der Waals surface area contributed by atoms with Gasteiger partial charge < -0.3 is 15.0 Å². The summed E-state index contributed by atoms with van der Waals surface area (Å²) in [6, 6.07) is 6.09. The van der Waals surface area contributed by atoms with E-state index in [1.165, 1.54) is 7.05 Å². The van der Waals surface area contributed by atoms with E-state index in [0.29, 0.717) is 5.56 Å². The van der Waals surface area contributed by atoms with Crippen LogP contribution in [-0.4, -0.2) is 45.7 Å². The Hall–Kier alpha value is -2.57. The molecule has 0 aliphatic heterocycles. The molecule has 0 aromatic heterocycles. The normalized spacial score (nSPS) is 9.55. The van der Waals surface area contributed by atoms with Gasteiger partial charge in [-0.05, 0) is 24.3 Å². The van der Waals surface area contributed by atoms with Crippen LogP contribution < -0.4 is 15.5 Å². The third-order valence-corrected chi connectivity index (χ3v) is 2.43. The molecule has 2 N–H and O–H groups in total. The molecule has 1 rings (SSSR count). The SMILES string of the molecule is CNC(=O)NC(=O)COC(=O)c1ccc(N(C)C)cc1. The molecule has 0 fully saturated rings. The number of imide groups is 1. The minimum atomic E-state index is -0.692. The van der Waals surface area contributed by atoms with Crippen LogP contribution in [0.5, 0.6) is 0 Å². The monoisotopic (exact) mass is 279 g/mol. The summed E-state index contributed by atoms with van der Waals surface area (Å²) in [5.41, 5.74) is 1.28. The van der Waals surface area contributed by atoms with E-state index in [4.69, 9.17) is 4.74 Å². The Morgan fingerprint density at radius 1 is 1.15 bits per heavy atom. The molecule has 0 radical (unpaired) electrons. The zero-order valence-electron chi connectivity index (χ0n) is 11.6. The fourth-order valence-electron chi connectivity index (χ4n) is 1.34. The molecule has 3 amide bonds. The molecule has 1 aromatic rings. The summed E-state index contributed by atoms with van der Waals surface area (Å²) in [5.74, 6) is -1.31. The van der Waals surface area contributed by atoms with Crippen molar-refractivity contribution in [3.05, 3.63) is 29.8 Å². The van der Waals surface area contributed by atoms with Gasteiger partial charge in [-0.15, -0.1) is 0 Å². The van der Waals surface area contributed by atoms with Crippen LogP contribution in [0, 0.1) is 0 Å². The molecule has 0 aliphatic rings. The number of carbonyl (C=O) groups excluding carboxylic acids is 3. The number of carbonyl (C=O) groups is 3. The van der Waals surface area contributed by atoms with Crippen molar-refractivity contribution < 1.29 is 19.1 Å². The van der Waals surface area contributed by atoms with E-state index in [1.807, 2.05) is 24.3 Å². The Labute approximate surface area is 116 Å². The van der Waals surface area contributed by atoms with Gasteiger partial charge in [0.2, 0.25) is 0 Å². The summed E-state index contributed by atoms with van der Waals surface area (Å²) in [6.07, 6.45) is 0. The Morgan fingerprint density at radius 2 is 1.75 bits per heavy atom. The lowest BCUT2D eigenvalue weighted by atomic mass is 10.2. The number of hydrogen-bond acceptors (Lipinski definition) is 5. The Balaban J connectivity index is 2.50. The van der Waals surface area contributed by atoms with Crippen LogP contribution in [0.25, 0.3) is 0 Å². The maximum Gasteiger partial charge on any atom is 0.338 e. The third-order valence-electron chi connectivity index (χ3n) is 2.43. The largest absolute Gasteiger partial charge is 0.452 e. The minimum absolute atomic E-state index is 0.336. The highest BCUT2D eigenvalue weighted by atomic mass is 16.5. The maximum atomic E-state index is 11.7. The predicted molar refractivity (Wildman–Crippen MR) is 73.6 cm³/mol. The number of anilines is 1. The summed E-state index contributed by atoms with van der Waals surface area (Å²) in [7, 11) is 5.15. The molecular weight excluding hydrogens is 262 g/mol. The summed E-state index contributed by atoms with van der Waals surface area (Å²) < 4.78 is 4.79. The highest BCUT2D eigenvalue weighted by Crippen LogP contribution is 2.12. The number of amides is 3. The Kier molecular flexibility index (Phi) is 5.52. The summed E-state index contributed by atoms with van der Waals surface area (Å²) in [4.78, 5) is 35.6. The lowest BCUT2D eigenvalue weighted by molar-refractivity contribution is -0.123.